The van der Waals surface area contributed by atoms with E-state index >= 15 is 0 Å². The number of amides is 1. The van der Waals surface area contributed by atoms with Crippen molar-refractivity contribution in [1.82, 2.24) is 29.8 Å². The second-order valence-electron chi connectivity index (χ2n) is 9.92. The van der Waals surface area contributed by atoms with Crippen LogP contribution in [0, 0.1) is 0 Å². The lowest BCUT2D eigenvalue weighted by Crippen LogP contribution is -2.31. The number of hydrogen-bond donors (Lipinski definition) is 3. The number of imidazole rings is 1. The van der Waals surface area contributed by atoms with Gasteiger partial charge in [-0.2, -0.15) is 0 Å². The van der Waals surface area contributed by atoms with E-state index in [0.717, 1.165) is 11.9 Å². The maximum absolute atomic E-state index is 12.1. The number of hydrogen-bond acceptors (Lipinski definition) is 11. The molecule has 0 saturated carbocycles. The van der Waals surface area contributed by atoms with E-state index in [1.165, 1.54) is 24.4 Å². The molecule has 1 aromatic carbocycles. The maximum atomic E-state index is 12.1. The molecule has 14 nitrogen and oxygen atoms in total. The Kier molecular flexibility index (Phi) is 6.83. The summed E-state index contributed by atoms with van der Waals surface area (Å²) in [6, 6.07) is 8.18. The fourth-order valence-electron chi connectivity index (χ4n) is 4.90. The van der Waals surface area contributed by atoms with Crippen molar-refractivity contribution in [3.05, 3.63) is 60.2 Å². The summed E-state index contributed by atoms with van der Waals surface area (Å²) >= 11 is 0. The van der Waals surface area contributed by atoms with Crippen LogP contribution in [0.5, 0.6) is 0 Å². The molecule has 2 aliphatic rings. The van der Waals surface area contributed by atoms with Crippen molar-refractivity contribution < 1.29 is 33.3 Å². The van der Waals surface area contributed by atoms with E-state index in [1.807, 2.05) is 18.3 Å². The minimum atomic E-state index is -0.930. The lowest BCUT2D eigenvalue weighted by atomic mass is 10.1. The lowest BCUT2D eigenvalue weighted by Gasteiger charge is -2.23. The minimum Gasteiger partial charge on any atom is -0.468 e. The smallest absolute Gasteiger partial charge is 0.408 e. The number of H-pyrrole nitrogens is 1. The van der Waals surface area contributed by atoms with Crippen LogP contribution in [0.25, 0.3) is 22.1 Å². The number of esters is 1. The Balaban J connectivity index is 1.16. The first kappa shape index (κ1) is 26.4. The van der Waals surface area contributed by atoms with Crippen molar-refractivity contribution in [1.29, 1.82) is 0 Å². The second-order valence-corrected chi connectivity index (χ2v) is 9.92. The van der Waals surface area contributed by atoms with E-state index < -0.39 is 30.2 Å². The molecule has 1 unspecified atom stereocenters. The molecule has 0 bridgehead atoms. The quantitative estimate of drug-likeness (QED) is 0.257. The molecule has 14 heteroatoms. The Morgan fingerprint density at radius 1 is 1.20 bits per heavy atom. The Morgan fingerprint density at radius 3 is 2.90 bits per heavy atom. The Morgan fingerprint density at radius 2 is 2.05 bits per heavy atom. The normalized spacial score (nSPS) is 19.1. The van der Waals surface area contributed by atoms with Crippen molar-refractivity contribution in [3.63, 3.8) is 0 Å². The van der Waals surface area contributed by atoms with E-state index in [0.29, 0.717) is 29.3 Å². The van der Waals surface area contributed by atoms with Crippen molar-refractivity contribution >= 4 is 39.9 Å². The number of rotatable bonds is 9. The van der Waals surface area contributed by atoms with Gasteiger partial charge in [0, 0.05) is 37.5 Å². The summed E-state index contributed by atoms with van der Waals surface area (Å²) in [5.41, 5.74) is 3.41. The number of alkyl carbamates (subject to hydrolysis) is 1. The summed E-state index contributed by atoms with van der Waals surface area (Å²) in [6.07, 6.45) is 3.71. The molecular formula is C27H29N7O7. The van der Waals surface area contributed by atoms with E-state index in [1.54, 1.807) is 24.7 Å². The van der Waals surface area contributed by atoms with Crippen LogP contribution in [0.2, 0.25) is 0 Å². The Hall–Kier alpha value is -4.85. The van der Waals surface area contributed by atoms with Crippen LogP contribution in [-0.4, -0.2) is 75.3 Å². The van der Waals surface area contributed by atoms with Crippen molar-refractivity contribution in [3.8, 4) is 0 Å². The van der Waals surface area contributed by atoms with Crippen LogP contribution >= 0.6 is 0 Å². The predicted molar refractivity (Wildman–Crippen MR) is 144 cm³/mol. The van der Waals surface area contributed by atoms with Gasteiger partial charge >= 0.3 is 12.1 Å². The van der Waals surface area contributed by atoms with Gasteiger partial charge in [0.05, 0.1) is 7.11 Å². The number of aromatic amines is 1. The van der Waals surface area contributed by atoms with Crippen LogP contribution in [0.15, 0.2) is 54.6 Å². The first-order valence-electron chi connectivity index (χ1n) is 13.0. The number of fused-ring (bicyclic) bond motifs is 3. The van der Waals surface area contributed by atoms with Crippen molar-refractivity contribution in [2.75, 3.05) is 32.1 Å². The van der Waals surface area contributed by atoms with Gasteiger partial charge in [-0.25, -0.2) is 19.7 Å². The number of nitrogens with one attached hydrogen (secondary N) is 3. The minimum absolute atomic E-state index is 0.239. The summed E-state index contributed by atoms with van der Waals surface area (Å²) in [5.74, 6) is -0.243. The summed E-state index contributed by atoms with van der Waals surface area (Å²) in [4.78, 5) is 40.1. The number of methoxy groups -OCH3 is 1. The van der Waals surface area contributed by atoms with Gasteiger partial charge in [-0.1, -0.05) is 18.2 Å². The molecule has 1 fully saturated rings. The number of ether oxygens (including phenoxy) is 5. The lowest BCUT2D eigenvalue weighted by molar-refractivity contribution is -0.165. The third-order valence-corrected chi connectivity index (χ3v) is 6.76. The molecule has 1 saturated heterocycles. The molecule has 0 aliphatic carbocycles. The molecule has 214 valence electrons. The van der Waals surface area contributed by atoms with Gasteiger partial charge in [0.15, 0.2) is 41.2 Å². The van der Waals surface area contributed by atoms with Crippen LogP contribution < -0.4 is 10.6 Å². The molecule has 3 N–H and O–H groups in total. The van der Waals surface area contributed by atoms with Crippen LogP contribution in [0.3, 0.4) is 0 Å². The van der Waals surface area contributed by atoms with Gasteiger partial charge in [0.2, 0.25) is 12.0 Å². The number of para-hydroxylation sites is 1. The monoisotopic (exact) mass is 563 g/mol. The molecular weight excluding hydrogens is 534 g/mol. The molecule has 3 aromatic heterocycles. The third-order valence-electron chi connectivity index (χ3n) is 6.76. The largest absolute Gasteiger partial charge is 0.468 e. The average Bonchev–Trinajstić information content (AvgIpc) is 3.72. The topological polar surface area (TPSA) is 164 Å². The highest BCUT2D eigenvalue weighted by molar-refractivity contribution is 5.84. The highest BCUT2D eigenvalue weighted by Gasteiger charge is 2.51. The standard InChI is InChI=1S/C27H29N7O7/c1-27(2)40-21-18(12-38-26(36)30-11-19(35)37-3)39-25(22(21)41-27)34-14-33-20-23(31-13-32-24(20)34)28-9-8-15-10-29-17-7-5-4-6-16(15)17/h4-7,10,13-14,22,25,29H,8-9,11-12H2,1-3H3,(H,30,36)(H,28,31,32)/t22?,25-/m1/s1. The first-order valence-corrected chi connectivity index (χ1v) is 13.0. The van der Waals surface area contributed by atoms with E-state index in [-0.39, 0.29) is 18.9 Å². The Bertz CT molecular complexity index is 1640. The number of benzene rings is 1. The second kappa shape index (κ2) is 10.6. The SMILES string of the molecule is COC(=O)CNC(=O)OCC1=C2OC(C)(C)OC2[C@H](n2cnc3c(NCCc4c[nH]c5ccccc45)ncnc32)O1. The van der Waals surface area contributed by atoms with E-state index in [2.05, 4.69) is 47.4 Å². The predicted octanol–water partition coefficient (Wildman–Crippen LogP) is 2.75. The highest BCUT2D eigenvalue weighted by atomic mass is 16.8. The van der Waals surface area contributed by atoms with Crippen LogP contribution in [0.4, 0.5) is 10.6 Å². The first-order chi connectivity index (χ1) is 19.8. The fourth-order valence-corrected chi connectivity index (χ4v) is 4.90. The summed E-state index contributed by atoms with van der Waals surface area (Å²) < 4.78 is 29.7. The molecule has 2 atom stereocenters. The maximum Gasteiger partial charge on any atom is 0.408 e. The number of anilines is 1. The fraction of sp³-hybridized carbons (Fsp3) is 0.370. The van der Waals surface area contributed by atoms with Crippen LogP contribution in [-0.2, 0) is 34.9 Å². The van der Waals surface area contributed by atoms with Gasteiger partial charge < -0.3 is 39.3 Å². The number of nitrogens with zero attached hydrogens (tertiary/aromatic N) is 4. The molecule has 0 spiro atoms. The van der Waals surface area contributed by atoms with Crippen molar-refractivity contribution in [2.45, 2.75) is 38.4 Å². The van der Waals surface area contributed by atoms with Gasteiger partial charge in [-0.15, -0.1) is 0 Å². The summed E-state index contributed by atoms with van der Waals surface area (Å²) in [6.45, 7) is 3.64. The van der Waals surface area contributed by atoms with Gasteiger partial charge in [-0.05, 0) is 18.1 Å². The molecule has 5 heterocycles. The van der Waals surface area contributed by atoms with Gasteiger partial charge in [0.1, 0.15) is 19.2 Å². The molecule has 0 radical (unpaired) electrons. The zero-order valence-corrected chi connectivity index (χ0v) is 22.7. The third kappa shape index (κ3) is 5.20. The van der Waals surface area contributed by atoms with Crippen LogP contribution in [0.1, 0.15) is 25.6 Å². The average molecular weight is 564 g/mol. The summed E-state index contributed by atoms with van der Waals surface area (Å²) in [7, 11) is 1.22. The van der Waals surface area contributed by atoms with Gasteiger partial charge in [0.25, 0.3) is 0 Å². The molecule has 4 aromatic rings. The molecule has 1 amide bonds. The number of carbonyl (C=O) groups is 2. The molecule has 2 aliphatic heterocycles. The molecule has 41 heavy (non-hydrogen) atoms. The Labute approximate surface area is 234 Å². The van der Waals surface area contributed by atoms with Crippen molar-refractivity contribution in [2.24, 2.45) is 0 Å². The highest BCUT2D eigenvalue weighted by Crippen LogP contribution is 2.45. The molecule has 6 rings (SSSR count). The summed E-state index contributed by atoms with van der Waals surface area (Å²) in [5, 5.41) is 6.87. The van der Waals surface area contributed by atoms with E-state index in [9.17, 15) is 9.59 Å². The number of carbonyl (C=O) groups excluding carboxylic acids is 2. The van der Waals surface area contributed by atoms with E-state index in [4.69, 9.17) is 18.9 Å². The zero-order chi connectivity index (χ0) is 28.6. The zero-order valence-electron chi connectivity index (χ0n) is 22.7. The number of aromatic nitrogens is 5. The van der Waals surface area contributed by atoms with Gasteiger partial charge in [-0.3, -0.25) is 9.36 Å².